The quantitative estimate of drug-likeness (QED) is 0.638. The van der Waals surface area contributed by atoms with Crippen molar-refractivity contribution in [1.29, 1.82) is 0 Å². The van der Waals surface area contributed by atoms with Crippen molar-refractivity contribution in [2.75, 3.05) is 6.61 Å². The summed E-state index contributed by atoms with van der Waals surface area (Å²) in [5, 5.41) is 3.29. The molecule has 0 aromatic heterocycles. The SMILES string of the molecule is CCON.c1ccc2c(c1)CNC2. The number of hydrogen-bond donors (Lipinski definition) is 2. The summed E-state index contributed by atoms with van der Waals surface area (Å²) in [5.74, 6) is 4.53. The monoisotopic (exact) mass is 180 g/mol. The molecular formula is C10H16N2O. The summed E-state index contributed by atoms with van der Waals surface area (Å²) in [6.45, 7) is 4.53. The molecule has 0 fully saturated rings. The van der Waals surface area contributed by atoms with Gasteiger partial charge in [0.2, 0.25) is 0 Å². The van der Waals surface area contributed by atoms with E-state index in [2.05, 4.69) is 40.3 Å². The molecule has 3 N–H and O–H groups in total. The minimum atomic E-state index is 0.597. The van der Waals surface area contributed by atoms with Crippen LogP contribution in [0.3, 0.4) is 0 Å². The van der Waals surface area contributed by atoms with Crippen LogP contribution in [-0.4, -0.2) is 6.61 Å². The average molecular weight is 180 g/mol. The van der Waals surface area contributed by atoms with Crippen LogP contribution in [0.25, 0.3) is 0 Å². The standard InChI is InChI=1S/C8H9N.C2H7NO/c1-2-4-8-6-9-5-7(8)3-1;1-2-4-3/h1-4,9H,5-6H2;2-3H2,1H3. The van der Waals surface area contributed by atoms with Gasteiger partial charge in [-0.3, -0.25) is 0 Å². The molecule has 1 aliphatic heterocycles. The predicted molar refractivity (Wildman–Crippen MR) is 52.8 cm³/mol. The molecule has 13 heavy (non-hydrogen) atoms. The molecule has 1 aliphatic rings. The van der Waals surface area contributed by atoms with Gasteiger partial charge >= 0.3 is 0 Å². The highest BCUT2D eigenvalue weighted by atomic mass is 16.6. The zero-order valence-corrected chi connectivity index (χ0v) is 7.92. The fourth-order valence-corrected chi connectivity index (χ4v) is 1.23. The lowest BCUT2D eigenvalue weighted by molar-refractivity contribution is 0.152. The van der Waals surface area contributed by atoms with Crippen molar-refractivity contribution in [2.45, 2.75) is 20.0 Å². The number of nitrogens with two attached hydrogens (primary N) is 1. The van der Waals surface area contributed by atoms with Crippen LogP contribution in [0.5, 0.6) is 0 Å². The molecule has 1 heterocycles. The lowest BCUT2D eigenvalue weighted by Crippen LogP contribution is -1.99. The van der Waals surface area contributed by atoms with Gasteiger partial charge in [0.05, 0.1) is 6.61 Å². The number of benzene rings is 1. The van der Waals surface area contributed by atoms with Gasteiger partial charge in [0.25, 0.3) is 0 Å². The number of hydrogen-bond acceptors (Lipinski definition) is 3. The summed E-state index contributed by atoms with van der Waals surface area (Å²) in [5.41, 5.74) is 2.91. The molecule has 3 heteroatoms. The molecule has 3 nitrogen and oxygen atoms in total. The predicted octanol–water partition coefficient (Wildman–Crippen LogP) is 1.19. The molecule has 0 unspecified atom stereocenters. The largest absolute Gasteiger partial charge is 0.309 e. The fourth-order valence-electron chi connectivity index (χ4n) is 1.23. The number of nitrogens with one attached hydrogen (secondary N) is 1. The molecule has 0 bridgehead atoms. The maximum absolute atomic E-state index is 4.53. The first-order valence-electron chi connectivity index (χ1n) is 4.47. The molecule has 0 saturated carbocycles. The first-order chi connectivity index (χ1) is 6.38. The van der Waals surface area contributed by atoms with E-state index in [1.807, 2.05) is 6.92 Å². The van der Waals surface area contributed by atoms with E-state index in [0.717, 1.165) is 13.1 Å². The Hall–Kier alpha value is -0.900. The van der Waals surface area contributed by atoms with Crippen LogP contribution in [0, 0.1) is 0 Å². The number of rotatable bonds is 1. The van der Waals surface area contributed by atoms with Gasteiger partial charge in [-0.2, -0.15) is 0 Å². The van der Waals surface area contributed by atoms with E-state index in [1.54, 1.807) is 0 Å². The van der Waals surface area contributed by atoms with Crippen molar-refractivity contribution in [3.8, 4) is 0 Å². The summed E-state index contributed by atoms with van der Waals surface area (Å²) in [4.78, 5) is 4.04. The molecule has 0 atom stereocenters. The van der Waals surface area contributed by atoms with Crippen LogP contribution in [0.4, 0.5) is 0 Å². The molecule has 0 spiro atoms. The van der Waals surface area contributed by atoms with Gasteiger partial charge in [-0.1, -0.05) is 24.3 Å². The Labute approximate surface area is 78.8 Å². The Morgan fingerprint density at radius 2 is 1.77 bits per heavy atom. The topological polar surface area (TPSA) is 47.3 Å². The normalized spacial score (nSPS) is 13.1. The molecule has 2 rings (SSSR count). The highest BCUT2D eigenvalue weighted by Crippen LogP contribution is 2.12. The van der Waals surface area contributed by atoms with E-state index in [9.17, 15) is 0 Å². The molecule has 1 aromatic rings. The summed E-state index contributed by atoms with van der Waals surface area (Å²) in [6.07, 6.45) is 0. The second kappa shape index (κ2) is 5.70. The van der Waals surface area contributed by atoms with Crippen LogP contribution in [0.1, 0.15) is 18.1 Å². The lowest BCUT2D eigenvalue weighted by Gasteiger charge is -1.91. The Bertz CT molecular complexity index is 225. The maximum Gasteiger partial charge on any atom is 0.0651 e. The first kappa shape index (κ1) is 10.2. The minimum absolute atomic E-state index is 0.597. The third kappa shape index (κ3) is 3.14. The van der Waals surface area contributed by atoms with Crippen LogP contribution in [-0.2, 0) is 17.9 Å². The van der Waals surface area contributed by atoms with Gasteiger partial charge in [-0.25, -0.2) is 5.90 Å². The van der Waals surface area contributed by atoms with Crippen molar-refractivity contribution < 1.29 is 4.84 Å². The van der Waals surface area contributed by atoms with E-state index in [0.29, 0.717) is 6.61 Å². The van der Waals surface area contributed by atoms with E-state index in [1.165, 1.54) is 11.1 Å². The van der Waals surface area contributed by atoms with Crippen LogP contribution >= 0.6 is 0 Å². The smallest absolute Gasteiger partial charge is 0.0651 e. The summed E-state index contributed by atoms with van der Waals surface area (Å²) < 4.78 is 0. The molecule has 0 amide bonds. The van der Waals surface area contributed by atoms with Gasteiger partial charge in [0, 0.05) is 13.1 Å². The second-order valence-electron chi connectivity index (χ2n) is 2.83. The second-order valence-corrected chi connectivity index (χ2v) is 2.83. The first-order valence-corrected chi connectivity index (χ1v) is 4.47. The zero-order valence-electron chi connectivity index (χ0n) is 7.92. The van der Waals surface area contributed by atoms with Gasteiger partial charge < -0.3 is 10.2 Å². The molecule has 0 radical (unpaired) electrons. The van der Waals surface area contributed by atoms with Gasteiger partial charge in [0.1, 0.15) is 0 Å². The Morgan fingerprint density at radius 3 is 2.15 bits per heavy atom. The highest BCUT2D eigenvalue weighted by Gasteiger charge is 2.06. The fraction of sp³-hybridized carbons (Fsp3) is 0.400. The van der Waals surface area contributed by atoms with Gasteiger partial charge in [-0.05, 0) is 18.1 Å². The van der Waals surface area contributed by atoms with Crippen molar-refractivity contribution in [3.05, 3.63) is 35.4 Å². The summed E-state index contributed by atoms with van der Waals surface area (Å²) in [7, 11) is 0. The maximum atomic E-state index is 4.53. The molecule has 1 aromatic carbocycles. The third-order valence-electron chi connectivity index (χ3n) is 1.92. The van der Waals surface area contributed by atoms with Crippen molar-refractivity contribution >= 4 is 0 Å². The Morgan fingerprint density at radius 1 is 1.31 bits per heavy atom. The van der Waals surface area contributed by atoms with Gasteiger partial charge in [-0.15, -0.1) is 0 Å². The Kier molecular flexibility index (Phi) is 4.46. The van der Waals surface area contributed by atoms with Crippen molar-refractivity contribution in [2.24, 2.45) is 5.90 Å². The average Bonchev–Trinajstić information content (AvgIpc) is 2.66. The molecule has 0 saturated heterocycles. The third-order valence-corrected chi connectivity index (χ3v) is 1.92. The van der Waals surface area contributed by atoms with Crippen molar-refractivity contribution in [3.63, 3.8) is 0 Å². The Balaban J connectivity index is 0.000000184. The molecule has 72 valence electrons. The van der Waals surface area contributed by atoms with Gasteiger partial charge in [0.15, 0.2) is 0 Å². The van der Waals surface area contributed by atoms with E-state index in [4.69, 9.17) is 0 Å². The van der Waals surface area contributed by atoms with Crippen LogP contribution < -0.4 is 11.2 Å². The highest BCUT2D eigenvalue weighted by molar-refractivity contribution is 5.29. The van der Waals surface area contributed by atoms with E-state index in [-0.39, 0.29) is 0 Å². The summed E-state index contributed by atoms with van der Waals surface area (Å²) in [6, 6.07) is 8.53. The lowest BCUT2D eigenvalue weighted by atomic mass is 10.1. The zero-order chi connectivity index (χ0) is 9.52. The molecular weight excluding hydrogens is 164 g/mol. The number of fused-ring (bicyclic) bond motifs is 1. The summed E-state index contributed by atoms with van der Waals surface area (Å²) >= 11 is 0. The van der Waals surface area contributed by atoms with Crippen LogP contribution in [0.2, 0.25) is 0 Å². The van der Waals surface area contributed by atoms with E-state index >= 15 is 0 Å². The van der Waals surface area contributed by atoms with E-state index < -0.39 is 0 Å². The van der Waals surface area contributed by atoms with Crippen LogP contribution in [0.15, 0.2) is 24.3 Å². The van der Waals surface area contributed by atoms with Crippen molar-refractivity contribution in [1.82, 2.24) is 5.32 Å². The minimum Gasteiger partial charge on any atom is -0.309 e. The molecule has 0 aliphatic carbocycles.